The first-order valence-electron chi connectivity index (χ1n) is 11.4. The molecule has 2 aliphatic heterocycles. The number of carbonyl (C=O) groups excluding carboxylic acids is 1. The third kappa shape index (κ3) is 2.94. The van der Waals surface area contributed by atoms with Crippen molar-refractivity contribution in [3.05, 3.63) is 45.2 Å². The Morgan fingerprint density at radius 2 is 1.78 bits per heavy atom. The van der Waals surface area contributed by atoms with Crippen LogP contribution in [0.1, 0.15) is 63.6 Å². The van der Waals surface area contributed by atoms with Gasteiger partial charge in [0.15, 0.2) is 11.5 Å². The summed E-state index contributed by atoms with van der Waals surface area (Å²) in [7, 11) is 0. The van der Waals surface area contributed by atoms with Crippen LogP contribution in [0, 0.1) is 20.8 Å². The topological polar surface area (TPSA) is 64.6 Å². The van der Waals surface area contributed by atoms with E-state index in [-0.39, 0.29) is 11.3 Å². The normalized spacial score (nSPS) is 18.9. The van der Waals surface area contributed by atoms with Crippen molar-refractivity contribution in [3.63, 3.8) is 0 Å². The number of thiophene rings is 1. The van der Waals surface area contributed by atoms with Gasteiger partial charge in [-0.2, -0.15) is 0 Å². The maximum absolute atomic E-state index is 13.9. The van der Waals surface area contributed by atoms with E-state index in [1.54, 1.807) is 0 Å². The van der Waals surface area contributed by atoms with E-state index < -0.39 is 0 Å². The number of aromatic nitrogens is 2. The highest BCUT2D eigenvalue weighted by atomic mass is 32.1. The van der Waals surface area contributed by atoms with Crippen LogP contribution in [0.25, 0.3) is 10.2 Å². The van der Waals surface area contributed by atoms with Gasteiger partial charge in [0.1, 0.15) is 23.9 Å². The van der Waals surface area contributed by atoms with Gasteiger partial charge in [0.2, 0.25) is 0 Å². The molecule has 1 saturated carbocycles. The summed E-state index contributed by atoms with van der Waals surface area (Å²) in [6, 6.07) is 4.31. The molecule has 7 heteroatoms. The lowest BCUT2D eigenvalue weighted by Gasteiger charge is -2.42. The van der Waals surface area contributed by atoms with Gasteiger partial charge in [-0.05, 0) is 62.4 Å². The van der Waals surface area contributed by atoms with E-state index in [1.165, 1.54) is 35.3 Å². The van der Waals surface area contributed by atoms with E-state index in [0.29, 0.717) is 19.8 Å². The molecule has 1 aliphatic carbocycles. The zero-order valence-electron chi connectivity index (χ0n) is 18.8. The molecule has 0 radical (unpaired) electrons. The highest BCUT2D eigenvalue weighted by Crippen LogP contribution is 2.49. The SMILES string of the molecule is Cc1nc(C)c2c(C)c(C(=O)N3Cc4cc5c(cc4C4(CCCC4)C3)OCCO5)sc2n1. The summed E-state index contributed by atoms with van der Waals surface area (Å²) in [6.45, 7) is 8.46. The van der Waals surface area contributed by atoms with Crippen LogP contribution in [0.3, 0.4) is 0 Å². The number of aryl methyl sites for hydroxylation is 3. The Kier molecular flexibility index (Phi) is 4.47. The van der Waals surface area contributed by atoms with E-state index in [1.807, 2.05) is 20.8 Å². The summed E-state index contributed by atoms with van der Waals surface area (Å²) < 4.78 is 11.8. The van der Waals surface area contributed by atoms with E-state index >= 15 is 0 Å². The van der Waals surface area contributed by atoms with Crippen LogP contribution >= 0.6 is 11.3 Å². The van der Waals surface area contributed by atoms with Crippen LogP contribution in [-0.2, 0) is 12.0 Å². The Balaban J connectivity index is 1.43. The lowest BCUT2D eigenvalue weighted by atomic mass is 9.73. The van der Waals surface area contributed by atoms with Gasteiger partial charge < -0.3 is 14.4 Å². The Bertz CT molecular complexity index is 1260. The molecule has 6 rings (SSSR count). The fraction of sp³-hybridized carbons (Fsp3) is 0.480. The van der Waals surface area contributed by atoms with Crippen molar-refractivity contribution >= 4 is 27.5 Å². The Labute approximate surface area is 191 Å². The molecular weight excluding hydrogens is 422 g/mol. The monoisotopic (exact) mass is 449 g/mol. The Morgan fingerprint density at radius 3 is 2.53 bits per heavy atom. The minimum atomic E-state index is 0.00990. The first-order chi connectivity index (χ1) is 15.4. The van der Waals surface area contributed by atoms with Crippen molar-refractivity contribution in [2.24, 2.45) is 0 Å². The van der Waals surface area contributed by atoms with Crippen LogP contribution in [0.5, 0.6) is 11.5 Å². The Hall–Kier alpha value is -2.67. The molecule has 32 heavy (non-hydrogen) atoms. The van der Waals surface area contributed by atoms with Crippen LogP contribution < -0.4 is 9.47 Å². The van der Waals surface area contributed by atoms with Crippen LogP contribution in [-0.4, -0.2) is 40.5 Å². The molecule has 0 bridgehead atoms. The molecule has 6 nitrogen and oxygen atoms in total. The maximum atomic E-state index is 13.9. The van der Waals surface area contributed by atoms with Crippen LogP contribution in [0.2, 0.25) is 0 Å². The highest BCUT2D eigenvalue weighted by Gasteiger charge is 2.44. The number of fused-ring (bicyclic) bond motifs is 4. The van der Waals surface area contributed by atoms with Crippen LogP contribution in [0.15, 0.2) is 12.1 Å². The van der Waals surface area contributed by atoms with Crippen molar-refractivity contribution in [1.82, 2.24) is 14.9 Å². The second-order valence-electron chi connectivity index (χ2n) is 9.39. The lowest BCUT2D eigenvalue weighted by Crippen LogP contribution is -2.46. The summed E-state index contributed by atoms with van der Waals surface area (Å²) in [5, 5.41) is 1.02. The number of hydrogen-bond acceptors (Lipinski definition) is 6. The van der Waals surface area contributed by atoms with Crippen LogP contribution in [0.4, 0.5) is 0 Å². The Morgan fingerprint density at radius 1 is 1.06 bits per heavy atom. The summed E-state index contributed by atoms with van der Waals surface area (Å²) in [4.78, 5) is 26.7. The number of benzene rings is 1. The van der Waals surface area contributed by atoms with Gasteiger partial charge >= 0.3 is 0 Å². The molecule has 2 aromatic heterocycles. The number of carbonyl (C=O) groups is 1. The third-order valence-corrected chi connectivity index (χ3v) is 8.49. The summed E-state index contributed by atoms with van der Waals surface area (Å²) in [5.41, 5.74) is 4.51. The molecule has 0 saturated heterocycles. The van der Waals surface area contributed by atoms with Gasteiger partial charge in [-0.25, -0.2) is 9.97 Å². The van der Waals surface area contributed by atoms with Gasteiger partial charge in [0, 0.05) is 29.6 Å². The van der Waals surface area contributed by atoms with E-state index in [4.69, 9.17) is 9.47 Å². The molecule has 0 atom stereocenters. The van der Waals surface area contributed by atoms with Gasteiger partial charge in [-0.1, -0.05) is 12.8 Å². The van der Waals surface area contributed by atoms with Crippen molar-refractivity contribution in [2.75, 3.05) is 19.8 Å². The number of hydrogen-bond donors (Lipinski definition) is 0. The average Bonchev–Trinajstić information content (AvgIpc) is 3.37. The molecule has 166 valence electrons. The highest BCUT2D eigenvalue weighted by molar-refractivity contribution is 7.20. The molecule has 0 unspecified atom stereocenters. The summed E-state index contributed by atoms with van der Waals surface area (Å²) in [5.74, 6) is 2.51. The van der Waals surface area contributed by atoms with Crippen molar-refractivity contribution in [3.8, 4) is 11.5 Å². The zero-order valence-corrected chi connectivity index (χ0v) is 19.6. The quantitative estimate of drug-likeness (QED) is 0.531. The first-order valence-corrected chi connectivity index (χ1v) is 12.2. The largest absolute Gasteiger partial charge is 0.486 e. The summed E-state index contributed by atoms with van der Waals surface area (Å²) >= 11 is 1.50. The predicted molar refractivity (Wildman–Crippen MR) is 124 cm³/mol. The lowest BCUT2D eigenvalue weighted by molar-refractivity contribution is 0.0673. The minimum Gasteiger partial charge on any atom is -0.486 e. The standard InChI is InChI=1S/C25H27N3O3S/c1-14-21-15(2)26-16(3)27-23(21)32-22(14)24(29)28-12-17-10-19-20(31-9-8-30-19)11-18(17)25(13-28)6-4-5-7-25/h10-11H,4-9,12-13H2,1-3H3. The number of amides is 1. The van der Waals surface area contributed by atoms with E-state index in [0.717, 1.165) is 63.1 Å². The number of ether oxygens (including phenoxy) is 2. The molecule has 1 aromatic carbocycles. The van der Waals surface area contributed by atoms with Crippen molar-refractivity contribution in [2.45, 2.75) is 58.4 Å². The molecule has 0 N–H and O–H groups in total. The molecule has 3 aliphatic rings. The van der Waals surface area contributed by atoms with Crippen molar-refractivity contribution < 1.29 is 14.3 Å². The minimum absolute atomic E-state index is 0.00990. The number of rotatable bonds is 1. The molecule has 1 spiro atoms. The van der Waals surface area contributed by atoms with Gasteiger partial charge in [-0.15, -0.1) is 11.3 Å². The van der Waals surface area contributed by atoms with Crippen molar-refractivity contribution in [1.29, 1.82) is 0 Å². The van der Waals surface area contributed by atoms with E-state index in [9.17, 15) is 4.79 Å². The smallest absolute Gasteiger partial charge is 0.264 e. The first kappa shape index (κ1) is 20.0. The second-order valence-corrected chi connectivity index (χ2v) is 10.4. The fourth-order valence-electron chi connectivity index (χ4n) is 5.91. The van der Waals surface area contributed by atoms with Gasteiger partial charge in [0.05, 0.1) is 4.88 Å². The summed E-state index contributed by atoms with van der Waals surface area (Å²) in [6.07, 6.45) is 4.62. The number of nitrogens with zero attached hydrogens (tertiary/aromatic N) is 3. The fourth-order valence-corrected chi connectivity index (χ4v) is 7.16. The van der Waals surface area contributed by atoms with E-state index in [2.05, 4.69) is 27.0 Å². The molecule has 1 fully saturated rings. The molecule has 4 heterocycles. The van der Waals surface area contributed by atoms with Gasteiger partial charge in [-0.3, -0.25) is 4.79 Å². The zero-order chi connectivity index (χ0) is 22.0. The second kappa shape index (κ2) is 7.17. The average molecular weight is 450 g/mol. The predicted octanol–water partition coefficient (Wildman–Crippen LogP) is 4.86. The molecular formula is C25H27N3O3S. The maximum Gasteiger partial charge on any atom is 0.264 e. The molecule has 3 aromatic rings. The van der Waals surface area contributed by atoms with Gasteiger partial charge in [0.25, 0.3) is 5.91 Å². The molecule has 1 amide bonds. The third-order valence-electron chi connectivity index (χ3n) is 7.32.